The highest BCUT2D eigenvalue weighted by Crippen LogP contribution is 2.21. The molecule has 1 atom stereocenters. The third-order valence-electron chi connectivity index (χ3n) is 1.24. The van der Waals surface area contributed by atoms with Gasteiger partial charge in [0.2, 0.25) is 0 Å². The molecule has 0 fully saturated rings. The lowest BCUT2D eigenvalue weighted by molar-refractivity contribution is -0.114. The Morgan fingerprint density at radius 2 is 2.33 bits per heavy atom. The van der Waals surface area contributed by atoms with Crippen LogP contribution in [-0.2, 0) is 4.79 Å². The molecule has 0 radical (unpaired) electrons. The van der Waals surface area contributed by atoms with E-state index in [0.29, 0.717) is 11.5 Å². The molecule has 1 rings (SSSR count). The van der Waals surface area contributed by atoms with Crippen LogP contribution in [0, 0.1) is 0 Å². The van der Waals surface area contributed by atoms with E-state index in [0.717, 1.165) is 6.42 Å². The molecule has 50 valence electrons. The van der Waals surface area contributed by atoms with Gasteiger partial charge in [0, 0.05) is 5.03 Å². The number of alkyl halides is 1. The maximum atomic E-state index is 10.7. The predicted molar refractivity (Wildman–Crippen MR) is 37.8 cm³/mol. The highest BCUT2D eigenvalue weighted by atomic mass is 35.5. The molecule has 0 bridgehead atoms. The molecule has 3 heteroatoms. The second-order valence-electron chi connectivity index (χ2n) is 2.00. The van der Waals surface area contributed by atoms with Gasteiger partial charge in [-0.1, -0.05) is 11.6 Å². The van der Waals surface area contributed by atoms with Crippen molar-refractivity contribution in [3.05, 3.63) is 11.1 Å². The van der Waals surface area contributed by atoms with Gasteiger partial charge in [-0.15, -0.1) is 11.6 Å². The number of halogens is 2. The fourth-order valence-corrected chi connectivity index (χ4v) is 1.11. The summed E-state index contributed by atoms with van der Waals surface area (Å²) in [5, 5.41) is 0.282. The van der Waals surface area contributed by atoms with Crippen molar-refractivity contribution in [1.82, 2.24) is 0 Å². The molecule has 1 nitrogen and oxygen atoms in total. The van der Waals surface area contributed by atoms with Gasteiger partial charge in [-0.2, -0.15) is 0 Å². The molecule has 0 spiro atoms. The minimum absolute atomic E-state index is 0.0621. The molecule has 0 aliphatic heterocycles. The molecule has 0 aromatic heterocycles. The standard InChI is InChI=1S/C6H6Cl2O/c7-4-1-2-5(8)6(9)3-4/h3,5H,1-2H2. The zero-order valence-electron chi connectivity index (χ0n) is 4.73. The first-order chi connectivity index (χ1) is 4.20. The average molecular weight is 165 g/mol. The SMILES string of the molecule is O=C1C=C(Cl)CCC1Cl. The molecule has 0 aromatic rings. The van der Waals surface area contributed by atoms with E-state index in [2.05, 4.69) is 0 Å². The van der Waals surface area contributed by atoms with Crippen molar-refractivity contribution in [3.63, 3.8) is 0 Å². The maximum absolute atomic E-state index is 10.7. The molecular formula is C6H6Cl2O. The summed E-state index contributed by atoms with van der Waals surface area (Å²) in [5.74, 6) is -0.0621. The molecule has 1 aliphatic carbocycles. The molecule has 1 unspecified atom stereocenters. The minimum atomic E-state index is -0.340. The summed E-state index contributed by atoms with van der Waals surface area (Å²) < 4.78 is 0. The van der Waals surface area contributed by atoms with Crippen molar-refractivity contribution >= 4 is 29.0 Å². The Hall–Kier alpha value is -0.0100. The number of hydrogen-bond donors (Lipinski definition) is 0. The summed E-state index contributed by atoms with van der Waals surface area (Å²) in [6.45, 7) is 0. The van der Waals surface area contributed by atoms with Crippen LogP contribution >= 0.6 is 23.2 Å². The van der Waals surface area contributed by atoms with Crippen LogP contribution in [0.25, 0.3) is 0 Å². The van der Waals surface area contributed by atoms with Crippen LogP contribution in [0.5, 0.6) is 0 Å². The van der Waals surface area contributed by atoms with Crippen molar-refractivity contribution in [2.45, 2.75) is 18.2 Å². The van der Waals surface area contributed by atoms with Gasteiger partial charge < -0.3 is 0 Å². The molecule has 0 aromatic carbocycles. The van der Waals surface area contributed by atoms with Crippen molar-refractivity contribution in [2.75, 3.05) is 0 Å². The van der Waals surface area contributed by atoms with Crippen molar-refractivity contribution in [3.8, 4) is 0 Å². The molecule has 1 aliphatic rings. The Morgan fingerprint density at radius 1 is 1.67 bits per heavy atom. The van der Waals surface area contributed by atoms with Crippen LogP contribution < -0.4 is 0 Å². The summed E-state index contributed by atoms with van der Waals surface area (Å²) in [4.78, 5) is 10.7. The third kappa shape index (κ3) is 1.70. The Labute approximate surface area is 63.6 Å². The van der Waals surface area contributed by atoms with Gasteiger partial charge in [-0.3, -0.25) is 4.79 Å². The van der Waals surface area contributed by atoms with Crippen LogP contribution in [0.15, 0.2) is 11.1 Å². The van der Waals surface area contributed by atoms with Gasteiger partial charge in [-0.25, -0.2) is 0 Å². The van der Waals surface area contributed by atoms with Gasteiger partial charge in [0.25, 0.3) is 0 Å². The lowest BCUT2D eigenvalue weighted by atomic mass is 10.1. The van der Waals surface area contributed by atoms with Crippen LogP contribution in [-0.4, -0.2) is 11.2 Å². The molecule has 9 heavy (non-hydrogen) atoms. The normalized spacial score (nSPS) is 28.0. The van der Waals surface area contributed by atoms with E-state index in [4.69, 9.17) is 23.2 Å². The molecule has 0 saturated heterocycles. The fraction of sp³-hybridized carbons (Fsp3) is 0.500. The summed E-state index contributed by atoms with van der Waals surface area (Å²) in [5.41, 5.74) is 0. The Balaban J connectivity index is 2.70. The largest absolute Gasteiger partial charge is 0.293 e. The van der Waals surface area contributed by atoms with E-state index in [9.17, 15) is 4.79 Å². The van der Waals surface area contributed by atoms with Crippen LogP contribution in [0.1, 0.15) is 12.8 Å². The number of carbonyl (C=O) groups excluding carboxylic acids is 1. The second-order valence-corrected chi connectivity index (χ2v) is 3.01. The summed E-state index contributed by atoms with van der Waals surface area (Å²) in [6, 6.07) is 0. The zero-order chi connectivity index (χ0) is 6.85. The summed E-state index contributed by atoms with van der Waals surface area (Å²) in [7, 11) is 0. The Bertz CT molecular complexity index is 162. The third-order valence-corrected chi connectivity index (χ3v) is 1.98. The minimum Gasteiger partial charge on any atom is -0.293 e. The van der Waals surface area contributed by atoms with E-state index < -0.39 is 0 Å². The topological polar surface area (TPSA) is 17.1 Å². The first-order valence-corrected chi connectivity index (χ1v) is 3.55. The first kappa shape index (κ1) is 7.10. The summed E-state index contributed by atoms with van der Waals surface area (Å²) in [6.07, 6.45) is 2.82. The second kappa shape index (κ2) is 2.72. The lowest BCUT2D eigenvalue weighted by Crippen LogP contribution is -2.15. The van der Waals surface area contributed by atoms with Crippen LogP contribution in [0.3, 0.4) is 0 Å². The monoisotopic (exact) mass is 164 g/mol. The van der Waals surface area contributed by atoms with Gasteiger partial charge in [-0.05, 0) is 18.9 Å². The van der Waals surface area contributed by atoms with Crippen molar-refractivity contribution < 1.29 is 4.79 Å². The van der Waals surface area contributed by atoms with Crippen LogP contribution in [0.4, 0.5) is 0 Å². The van der Waals surface area contributed by atoms with E-state index in [1.165, 1.54) is 6.08 Å². The highest BCUT2D eigenvalue weighted by Gasteiger charge is 2.18. The van der Waals surface area contributed by atoms with E-state index in [1.807, 2.05) is 0 Å². The van der Waals surface area contributed by atoms with Gasteiger partial charge in [0.1, 0.15) is 0 Å². The predicted octanol–water partition coefficient (Wildman–Crippen LogP) is 2.08. The average Bonchev–Trinajstić information content (AvgIpc) is 1.80. The van der Waals surface area contributed by atoms with Crippen LogP contribution in [0.2, 0.25) is 0 Å². The molecular weight excluding hydrogens is 159 g/mol. The number of rotatable bonds is 0. The van der Waals surface area contributed by atoms with E-state index in [1.54, 1.807) is 0 Å². The maximum Gasteiger partial charge on any atom is 0.174 e. The quantitative estimate of drug-likeness (QED) is 0.502. The molecule has 0 N–H and O–H groups in total. The highest BCUT2D eigenvalue weighted by molar-refractivity contribution is 6.37. The Kier molecular flexibility index (Phi) is 2.14. The molecule has 0 heterocycles. The fourth-order valence-electron chi connectivity index (χ4n) is 0.724. The number of carbonyl (C=O) groups is 1. The van der Waals surface area contributed by atoms with Crippen molar-refractivity contribution in [1.29, 1.82) is 0 Å². The number of hydrogen-bond acceptors (Lipinski definition) is 1. The Morgan fingerprint density at radius 3 is 2.78 bits per heavy atom. The zero-order valence-corrected chi connectivity index (χ0v) is 6.24. The first-order valence-electron chi connectivity index (χ1n) is 2.74. The smallest absolute Gasteiger partial charge is 0.174 e. The van der Waals surface area contributed by atoms with Gasteiger partial charge in [0.15, 0.2) is 5.78 Å². The van der Waals surface area contributed by atoms with E-state index >= 15 is 0 Å². The summed E-state index contributed by atoms with van der Waals surface area (Å²) >= 11 is 11.1. The molecule has 0 saturated carbocycles. The van der Waals surface area contributed by atoms with Gasteiger partial charge >= 0.3 is 0 Å². The number of ketones is 1. The molecule has 0 amide bonds. The number of allylic oxidation sites excluding steroid dienone is 2. The van der Waals surface area contributed by atoms with Crippen molar-refractivity contribution in [2.24, 2.45) is 0 Å². The van der Waals surface area contributed by atoms with Gasteiger partial charge in [0.05, 0.1) is 5.38 Å². The lowest BCUT2D eigenvalue weighted by Gasteiger charge is -2.10. The van der Waals surface area contributed by atoms with E-state index in [-0.39, 0.29) is 11.2 Å².